The maximum atomic E-state index is 5.55. The van der Waals surface area contributed by atoms with Crippen LogP contribution in [0, 0.1) is 11.8 Å². The van der Waals surface area contributed by atoms with Crippen molar-refractivity contribution in [2.45, 2.75) is 32.3 Å². The molecule has 52 valence electrons. The molecule has 0 aromatic rings. The molecule has 1 nitrogen and oxygen atoms in total. The minimum atomic E-state index is 0.653. The van der Waals surface area contributed by atoms with Gasteiger partial charge in [0, 0.05) is 6.61 Å². The minimum absolute atomic E-state index is 0.653. The van der Waals surface area contributed by atoms with E-state index in [2.05, 4.69) is 6.92 Å². The van der Waals surface area contributed by atoms with Crippen LogP contribution in [0.25, 0.3) is 0 Å². The minimum Gasteiger partial charge on any atom is -0.378 e. The lowest BCUT2D eigenvalue weighted by Gasteiger charge is -2.05. The van der Waals surface area contributed by atoms with Gasteiger partial charge in [-0.25, -0.2) is 0 Å². The number of rotatable bonds is 1. The Hall–Kier alpha value is -0.0400. The zero-order valence-corrected chi connectivity index (χ0v) is 5.97. The molecule has 3 unspecified atom stereocenters. The molecular weight excluding hydrogens is 112 g/mol. The Morgan fingerprint density at radius 2 is 2.22 bits per heavy atom. The van der Waals surface area contributed by atoms with E-state index in [-0.39, 0.29) is 0 Å². The monoisotopic (exact) mass is 126 g/mol. The Morgan fingerprint density at radius 1 is 1.44 bits per heavy atom. The van der Waals surface area contributed by atoms with Crippen molar-refractivity contribution in [3.05, 3.63) is 0 Å². The van der Waals surface area contributed by atoms with E-state index in [1.807, 2.05) is 0 Å². The molecular formula is C8H14O. The quantitative estimate of drug-likeness (QED) is 0.520. The Kier molecular flexibility index (Phi) is 1.26. The highest BCUT2D eigenvalue weighted by Crippen LogP contribution is 2.44. The zero-order chi connectivity index (χ0) is 6.27. The van der Waals surface area contributed by atoms with Gasteiger partial charge in [-0.2, -0.15) is 0 Å². The first-order chi connectivity index (χ1) is 4.38. The lowest BCUT2D eigenvalue weighted by atomic mass is 10.1. The van der Waals surface area contributed by atoms with Gasteiger partial charge in [0.2, 0.25) is 0 Å². The highest BCUT2D eigenvalue weighted by atomic mass is 16.5. The Morgan fingerprint density at radius 3 is 2.67 bits per heavy atom. The van der Waals surface area contributed by atoms with Crippen molar-refractivity contribution >= 4 is 0 Å². The van der Waals surface area contributed by atoms with Gasteiger partial charge in [0.25, 0.3) is 0 Å². The van der Waals surface area contributed by atoms with Gasteiger partial charge in [-0.15, -0.1) is 0 Å². The summed E-state index contributed by atoms with van der Waals surface area (Å²) < 4.78 is 5.55. The molecule has 0 radical (unpaired) electrons. The molecule has 1 aliphatic carbocycles. The van der Waals surface area contributed by atoms with Crippen molar-refractivity contribution < 1.29 is 4.74 Å². The van der Waals surface area contributed by atoms with Crippen LogP contribution >= 0.6 is 0 Å². The van der Waals surface area contributed by atoms with Crippen LogP contribution < -0.4 is 0 Å². The van der Waals surface area contributed by atoms with Crippen molar-refractivity contribution in [1.82, 2.24) is 0 Å². The van der Waals surface area contributed by atoms with Gasteiger partial charge < -0.3 is 4.74 Å². The van der Waals surface area contributed by atoms with E-state index in [0.29, 0.717) is 6.10 Å². The molecule has 1 saturated carbocycles. The number of ether oxygens (including phenoxy) is 1. The Labute approximate surface area is 56.4 Å². The zero-order valence-electron chi connectivity index (χ0n) is 5.97. The summed E-state index contributed by atoms with van der Waals surface area (Å²) in [5, 5.41) is 0. The first-order valence-electron chi connectivity index (χ1n) is 3.99. The molecule has 0 amide bonds. The van der Waals surface area contributed by atoms with E-state index in [1.165, 1.54) is 19.3 Å². The van der Waals surface area contributed by atoms with Crippen LogP contribution in [0.2, 0.25) is 0 Å². The molecule has 2 aliphatic rings. The lowest BCUT2D eigenvalue weighted by molar-refractivity contribution is 0.0905. The highest BCUT2D eigenvalue weighted by molar-refractivity contribution is 4.90. The van der Waals surface area contributed by atoms with E-state index < -0.39 is 0 Å². The summed E-state index contributed by atoms with van der Waals surface area (Å²) in [4.78, 5) is 0. The SMILES string of the molecule is CC1CC1C1CCCO1. The summed E-state index contributed by atoms with van der Waals surface area (Å²) in [6.45, 7) is 3.35. The molecule has 0 aromatic carbocycles. The van der Waals surface area contributed by atoms with Crippen molar-refractivity contribution in [2.24, 2.45) is 11.8 Å². The van der Waals surface area contributed by atoms with Crippen LogP contribution in [0.15, 0.2) is 0 Å². The molecule has 9 heavy (non-hydrogen) atoms. The third-order valence-corrected chi connectivity index (χ3v) is 2.61. The normalized spacial score (nSPS) is 49.7. The second-order valence-corrected chi connectivity index (χ2v) is 3.43. The molecule has 0 aromatic heterocycles. The van der Waals surface area contributed by atoms with Crippen LogP contribution in [0.1, 0.15) is 26.2 Å². The number of hydrogen-bond donors (Lipinski definition) is 0. The van der Waals surface area contributed by atoms with E-state index in [1.54, 1.807) is 0 Å². The summed E-state index contributed by atoms with van der Waals surface area (Å²) in [7, 11) is 0. The van der Waals surface area contributed by atoms with Crippen LogP contribution in [0.3, 0.4) is 0 Å². The molecule has 2 rings (SSSR count). The van der Waals surface area contributed by atoms with E-state index in [4.69, 9.17) is 4.74 Å². The van der Waals surface area contributed by atoms with Gasteiger partial charge in [-0.05, 0) is 31.1 Å². The van der Waals surface area contributed by atoms with Gasteiger partial charge in [0.15, 0.2) is 0 Å². The molecule has 1 aliphatic heterocycles. The van der Waals surface area contributed by atoms with Gasteiger partial charge in [0.1, 0.15) is 0 Å². The third kappa shape index (κ3) is 0.983. The molecule has 0 N–H and O–H groups in total. The molecule has 1 heterocycles. The maximum Gasteiger partial charge on any atom is 0.0606 e. The largest absolute Gasteiger partial charge is 0.378 e. The van der Waals surface area contributed by atoms with Crippen molar-refractivity contribution in [3.63, 3.8) is 0 Å². The van der Waals surface area contributed by atoms with Crippen LogP contribution in [0.5, 0.6) is 0 Å². The van der Waals surface area contributed by atoms with Crippen LogP contribution in [0.4, 0.5) is 0 Å². The fourth-order valence-electron chi connectivity index (χ4n) is 1.81. The summed E-state index contributed by atoms with van der Waals surface area (Å²) >= 11 is 0. The topological polar surface area (TPSA) is 9.23 Å². The summed E-state index contributed by atoms with van der Waals surface area (Å²) in [6, 6.07) is 0. The van der Waals surface area contributed by atoms with Crippen molar-refractivity contribution in [2.75, 3.05) is 6.61 Å². The van der Waals surface area contributed by atoms with Crippen molar-refractivity contribution in [1.29, 1.82) is 0 Å². The first-order valence-corrected chi connectivity index (χ1v) is 3.99. The summed E-state index contributed by atoms with van der Waals surface area (Å²) in [5.74, 6) is 1.90. The average molecular weight is 126 g/mol. The van der Waals surface area contributed by atoms with E-state index in [0.717, 1.165) is 18.4 Å². The summed E-state index contributed by atoms with van der Waals surface area (Å²) in [5.41, 5.74) is 0. The highest BCUT2D eigenvalue weighted by Gasteiger charge is 2.41. The van der Waals surface area contributed by atoms with E-state index >= 15 is 0 Å². The lowest BCUT2D eigenvalue weighted by Crippen LogP contribution is -2.07. The fourth-order valence-corrected chi connectivity index (χ4v) is 1.81. The molecule has 2 fully saturated rings. The second kappa shape index (κ2) is 1.98. The molecule has 1 heteroatoms. The first kappa shape index (κ1) is 5.72. The Balaban J connectivity index is 1.85. The number of hydrogen-bond acceptors (Lipinski definition) is 1. The van der Waals surface area contributed by atoms with Crippen LogP contribution in [-0.4, -0.2) is 12.7 Å². The maximum absolute atomic E-state index is 5.55. The van der Waals surface area contributed by atoms with Gasteiger partial charge in [-0.3, -0.25) is 0 Å². The molecule has 0 bridgehead atoms. The average Bonchev–Trinajstić information content (AvgIpc) is 2.44. The van der Waals surface area contributed by atoms with Crippen molar-refractivity contribution in [3.8, 4) is 0 Å². The molecule has 0 spiro atoms. The predicted octanol–water partition coefficient (Wildman–Crippen LogP) is 1.82. The van der Waals surface area contributed by atoms with Gasteiger partial charge in [0.05, 0.1) is 6.10 Å². The summed E-state index contributed by atoms with van der Waals surface area (Å²) in [6.07, 6.45) is 4.70. The third-order valence-electron chi connectivity index (χ3n) is 2.61. The molecule has 3 atom stereocenters. The van der Waals surface area contributed by atoms with Gasteiger partial charge >= 0.3 is 0 Å². The second-order valence-electron chi connectivity index (χ2n) is 3.43. The van der Waals surface area contributed by atoms with Gasteiger partial charge in [-0.1, -0.05) is 6.92 Å². The standard InChI is InChI=1S/C8H14O/c1-6-5-7(6)8-3-2-4-9-8/h6-8H,2-5H2,1H3. The Bertz CT molecular complexity index is 105. The predicted molar refractivity (Wildman–Crippen MR) is 36.2 cm³/mol. The van der Waals surface area contributed by atoms with Crippen LogP contribution in [-0.2, 0) is 4.74 Å². The smallest absolute Gasteiger partial charge is 0.0606 e. The molecule has 1 saturated heterocycles. The fraction of sp³-hybridized carbons (Fsp3) is 1.00. The van der Waals surface area contributed by atoms with E-state index in [9.17, 15) is 0 Å².